The van der Waals surface area contributed by atoms with Crippen LogP contribution in [0.5, 0.6) is 23.0 Å². The molecule has 0 aromatic heterocycles. The highest BCUT2D eigenvalue weighted by atomic mass is 16.5. The Bertz CT molecular complexity index is 1230. The lowest BCUT2D eigenvalue weighted by Gasteiger charge is -2.39. The van der Waals surface area contributed by atoms with E-state index in [0.29, 0.717) is 11.5 Å². The molecular formula is C25H16O3. The first-order valence-corrected chi connectivity index (χ1v) is 9.24. The van der Waals surface area contributed by atoms with Crippen LogP contribution >= 0.6 is 0 Å². The van der Waals surface area contributed by atoms with Gasteiger partial charge in [-0.2, -0.15) is 0 Å². The van der Waals surface area contributed by atoms with Crippen LogP contribution in [0, 0.1) is 0 Å². The second-order valence-electron chi connectivity index (χ2n) is 7.30. The van der Waals surface area contributed by atoms with Crippen LogP contribution in [0.15, 0.2) is 84.9 Å². The van der Waals surface area contributed by atoms with E-state index in [9.17, 15) is 10.2 Å². The van der Waals surface area contributed by atoms with Crippen LogP contribution < -0.4 is 4.74 Å². The van der Waals surface area contributed by atoms with Crippen molar-refractivity contribution < 1.29 is 14.9 Å². The molecule has 134 valence electrons. The van der Waals surface area contributed by atoms with Gasteiger partial charge >= 0.3 is 0 Å². The van der Waals surface area contributed by atoms with Crippen LogP contribution in [-0.4, -0.2) is 10.2 Å². The Morgan fingerprint density at radius 3 is 1.86 bits per heavy atom. The van der Waals surface area contributed by atoms with Crippen LogP contribution in [0.2, 0.25) is 0 Å². The molecular weight excluding hydrogens is 348 g/mol. The van der Waals surface area contributed by atoms with Crippen molar-refractivity contribution in [3.05, 3.63) is 107 Å². The summed E-state index contributed by atoms with van der Waals surface area (Å²) >= 11 is 0. The molecule has 1 heterocycles. The highest BCUT2D eigenvalue weighted by molar-refractivity contribution is 5.88. The van der Waals surface area contributed by atoms with Gasteiger partial charge in [-0.25, -0.2) is 0 Å². The molecule has 0 bridgehead atoms. The zero-order valence-electron chi connectivity index (χ0n) is 14.9. The molecule has 2 N–H and O–H groups in total. The lowest BCUT2D eigenvalue weighted by molar-refractivity contribution is 0.419. The minimum absolute atomic E-state index is 0.163. The summed E-state index contributed by atoms with van der Waals surface area (Å²) in [6.45, 7) is 0. The predicted octanol–water partition coefficient (Wildman–Crippen LogP) is 5.57. The number of hydrogen-bond donors (Lipinski definition) is 2. The lowest BCUT2D eigenvalue weighted by Crippen LogP contribution is -2.32. The van der Waals surface area contributed by atoms with Gasteiger partial charge in [-0.05, 0) is 46.5 Å². The van der Waals surface area contributed by atoms with Crippen LogP contribution in [0.3, 0.4) is 0 Å². The normalized spacial score (nSPS) is 14.6. The Kier molecular flexibility index (Phi) is 2.83. The third kappa shape index (κ3) is 1.73. The number of fused-ring (bicyclic) bond motifs is 9. The minimum Gasteiger partial charge on any atom is -0.508 e. The lowest BCUT2D eigenvalue weighted by atomic mass is 9.66. The van der Waals surface area contributed by atoms with Crippen molar-refractivity contribution in [2.75, 3.05) is 0 Å². The van der Waals surface area contributed by atoms with E-state index < -0.39 is 5.41 Å². The summed E-state index contributed by atoms with van der Waals surface area (Å²) in [7, 11) is 0. The first kappa shape index (κ1) is 15.3. The monoisotopic (exact) mass is 364 g/mol. The largest absolute Gasteiger partial charge is 0.508 e. The van der Waals surface area contributed by atoms with E-state index in [0.717, 1.165) is 22.3 Å². The second kappa shape index (κ2) is 5.17. The number of benzene rings is 4. The molecule has 0 unspecified atom stereocenters. The van der Waals surface area contributed by atoms with Crippen molar-refractivity contribution in [3.63, 3.8) is 0 Å². The maximum absolute atomic E-state index is 10.3. The number of aromatic hydroxyl groups is 2. The van der Waals surface area contributed by atoms with Gasteiger partial charge in [-0.3, -0.25) is 0 Å². The van der Waals surface area contributed by atoms with E-state index in [1.165, 1.54) is 11.1 Å². The summed E-state index contributed by atoms with van der Waals surface area (Å²) in [5, 5.41) is 20.4. The van der Waals surface area contributed by atoms with Crippen molar-refractivity contribution >= 4 is 0 Å². The SMILES string of the molecule is Oc1ccc2c(c1)Oc1ccc(O)cc1C21c2ccccc2-c2ccccc21. The highest BCUT2D eigenvalue weighted by Crippen LogP contribution is 2.62. The summed E-state index contributed by atoms with van der Waals surface area (Å²) in [6, 6.07) is 27.3. The van der Waals surface area contributed by atoms with E-state index in [1.54, 1.807) is 30.3 Å². The number of rotatable bonds is 0. The summed E-state index contributed by atoms with van der Waals surface area (Å²) in [6.07, 6.45) is 0. The first-order valence-electron chi connectivity index (χ1n) is 9.24. The molecule has 6 rings (SSSR count). The van der Waals surface area contributed by atoms with Gasteiger partial charge in [0.2, 0.25) is 0 Å². The van der Waals surface area contributed by atoms with Gasteiger partial charge in [-0.1, -0.05) is 54.6 Å². The molecule has 0 saturated heterocycles. The second-order valence-corrected chi connectivity index (χ2v) is 7.30. The van der Waals surface area contributed by atoms with E-state index in [-0.39, 0.29) is 11.5 Å². The topological polar surface area (TPSA) is 49.7 Å². The Labute approximate surface area is 162 Å². The molecule has 0 radical (unpaired) electrons. The smallest absolute Gasteiger partial charge is 0.135 e. The number of ether oxygens (including phenoxy) is 1. The van der Waals surface area contributed by atoms with Gasteiger partial charge in [0.15, 0.2) is 0 Å². The van der Waals surface area contributed by atoms with Crippen LogP contribution in [0.25, 0.3) is 11.1 Å². The number of hydrogen-bond acceptors (Lipinski definition) is 3. The maximum atomic E-state index is 10.3. The quantitative estimate of drug-likeness (QED) is 0.371. The molecule has 3 nitrogen and oxygen atoms in total. The Morgan fingerprint density at radius 1 is 0.536 bits per heavy atom. The predicted molar refractivity (Wildman–Crippen MR) is 107 cm³/mol. The van der Waals surface area contributed by atoms with Gasteiger partial charge < -0.3 is 14.9 Å². The first-order chi connectivity index (χ1) is 13.7. The van der Waals surface area contributed by atoms with Crippen LogP contribution in [0.1, 0.15) is 22.3 Å². The van der Waals surface area contributed by atoms with Crippen molar-refractivity contribution in [1.29, 1.82) is 0 Å². The highest BCUT2D eigenvalue weighted by Gasteiger charge is 2.51. The summed E-state index contributed by atoms with van der Waals surface area (Å²) < 4.78 is 6.16. The molecule has 0 amide bonds. The van der Waals surface area contributed by atoms with Crippen LogP contribution in [0.4, 0.5) is 0 Å². The molecule has 0 atom stereocenters. The average Bonchev–Trinajstić information content (AvgIpc) is 3.00. The van der Waals surface area contributed by atoms with E-state index >= 15 is 0 Å². The molecule has 28 heavy (non-hydrogen) atoms. The third-order valence-corrected chi connectivity index (χ3v) is 5.91. The summed E-state index contributed by atoms with van der Waals surface area (Å²) in [5.74, 6) is 1.67. The maximum Gasteiger partial charge on any atom is 0.135 e. The van der Waals surface area contributed by atoms with Gasteiger partial charge in [0.05, 0.1) is 5.41 Å². The van der Waals surface area contributed by atoms with Gasteiger partial charge in [0, 0.05) is 17.2 Å². The average molecular weight is 364 g/mol. The third-order valence-electron chi connectivity index (χ3n) is 5.91. The van der Waals surface area contributed by atoms with Crippen molar-refractivity contribution in [2.24, 2.45) is 0 Å². The fraction of sp³-hybridized carbons (Fsp3) is 0.0400. The van der Waals surface area contributed by atoms with E-state index in [4.69, 9.17) is 4.74 Å². The van der Waals surface area contributed by atoms with Crippen LogP contribution in [-0.2, 0) is 5.41 Å². The molecule has 0 fully saturated rings. The Hall–Kier alpha value is -3.72. The van der Waals surface area contributed by atoms with Crippen molar-refractivity contribution in [1.82, 2.24) is 0 Å². The van der Waals surface area contributed by atoms with Gasteiger partial charge in [0.1, 0.15) is 23.0 Å². The molecule has 1 aliphatic heterocycles. The molecule has 2 aliphatic rings. The fourth-order valence-electron chi connectivity index (χ4n) is 4.88. The van der Waals surface area contributed by atoms with E-state index in [1.807, 2.05) is 18.2 Å². The molecule has 1 aliphatic carbocycles. The molecule has 4 aromatic carbocycles. The van der Waals surface area contributed by atoms with E-state index in [2.05, 4.69) is 36.4 Å². The standard InChI is InChI=1S/C25H16O3/c26-15-10-12-23-22(13-15)25(21-11-9-16(27)14-24(21)28-23)19-7-3-1-5-17(19)18-6-2-4-8-20(18)25/h1-14,26-27H. The summed E-state index contributed by atoms with van der Waals surface area (Å²) in [4.78, 5) is 0. The molecule has 4 aromatic rings. The van der Waals surface area contributed by atoms with Crippen molar-refractivity contribution in [2.45, 2.75) is 5.41 Å². The van der Waals surface area contributed by atoms with Crippen molar-refractivity contribution in [3.8, 4) is 34.1 Å². The minimum atomic E-state index is -0.609. The van der Waals surface area contributed by atoms with Gasteiger partial charge in [0.25, 0.3) is 0 Å². The van der Waals surface area contributed by atoms with Gasteiger partial charge in [-0.15, -0.1) is 0 Å². The molecule has 3 heteroatoms. The fourth-order valence-corrected chi connectivity index (χ4v) is 4.88. The zero-order valence-corrected chi connectivity index (χ0v) is 14.9. The Morgan fingerprint density at radius 2 is 1.14 bits per heavy atom. The number of phenols is 2. The number of phenolic OH excluding ortho intramolecular Hbond substituents is 2. The zero-order chi connectivity index (χ0) is 18.9. The molecule has 0 saturated carbocycles. The molecule has 1 spiro atoms. The summed E-state index contributed by atoms with van der Waals surface area (Å²) in [5.41, 5.74) is 5.91. The Balaban J connectivity index is 1.85.